The van der Waals surface area contributed by atoms with E-state index < -0.39 is 5.91 Å². The first kappa shape index (κ1) is 10.6. The molecular weight excluding hydrogens is 226 g/mol. The summed E-state index contributed by atoms with van der Waals surface area (Å²) in [5.74, 6) is 0.230. The molecule has 0 fully saturated rings. The SMILES string of the molecule is COc1ccc(-c2nnsc2C(N)=O)cc1. The first-order valence-corrected chi connectivity index (χ1v) is 5.26. The zero-order valence-corrected chi connectivity index (χ0v) is 9.32. The van der Waals surface area contributed by atoms with E-state index in [-0.39, 0.29) is 0 Å². The Hall–Kier alpha value is -1.95. The van der Waals surface area contributed by atoms with Crippen LogP contribution in [0.4, 0.5) is 0 Å². The van der Waals surface area contributed by atoms with Crippen LogP contribution in [-0.2, 0) is 0 Å². The Morgan fingerprint density at radius 1 is 1.38 bits per heavy atom. The predicted octanol–water partition coefficient (Wildman–Crippen LogP) is 1.31. The lowest BCUT2D eigenvalue weighted by molar-refractivity contribution is 0.100. The number of benzene rings is 1. The van der Waals surface area contributed by atoms with Crippen molar-refractivity contribution in [2.24, 2.45) is 5.73 Å². The molecule has 1 aromatic heterocycles. The van der Waals surface area contributed by atoms with Crippen LogP contribution < -0.4 is 10.5 Å². The molecule has 0 saturated heterocycles. The number of hydrogen-bond donors (Lipinski definition) is 1. The first-order valence-electron chi connectivity index (χ1n) is 4.49. The molecule has 0 radical (unpaired) electrons. The van der Waals surface area contributed by atoms with Crippen LogP contribution in [0.15, 0.2) is 24.3 Å². The van der Waals surface area contributed by atoms with Crippen molar-refractivity contribution in [3.05, 3.63) is 29.1 Å². The second-order valence-corrected chi connectivity index (χ2v) is 3.80. The summed E-state index contributed by atoms with van der Waals surface area (Å²) < 4.78 is 8.76. The van der Waals surface area contributed by atoms with Gasteiger partial charge in [0.15, 0.2) is 0 Å². The maximum atomic E-state index is 11.1. The van der Waals surface area contributed by atoms with Crippen molar-refractivity contribution in [3.63, 3.8) is 0 Å². The molecule has 1 amide bonds. The molecule has 0 atom stereocenters. The summed E-state index contributed by atoms with van der Waals surface area (Å²) in [6.07, 6.45) is 0. The molecule has 0 aliphatic heterocycles. The molecule has 5 nitrogen and oxygen atoms in total. The zero-order valence-electron chi connectivity index (χ0n) is 8.51. The van der Waals surface area contributed by atoms with Gasteiger partial charge in [0.2, 0.25) is 0 Å². The first-order chi connectivity index (χ1) is 7.72. The lowest BCUT2D eigenvalue weighted by Crippen LogP contribution is -2.10. The van der Waals surface area contributed by atoms with Gasteiger partial charge in [-0.25, -0.2) is 0 Å². The summed E-state index contributed by atoms with van der Waals surface area (Å²) in [5.41, 5.74) is 6.53. The number of carbonyl (C=O) groups excluding carboxylic acids is 1. The fourth-order valence-corrected chi connectivity index (χ4v) is 1.83. The number of amides is 1. The van der Waals surface area contributed by atoms with Crippen LogP contribution in [0.25, 0.3) is 11.3 Å². The third-order valence-electron chi connectivity index (χ3n) is 2.08. The second kappa shape index (κ2) is 4.28. The van der Waals surface area contributed by atoms with Crippen LogP contribution in [0.3, 0.4) is 0 Å². The van der Waals surface area contributed by atoms with Gasteiger partial charge in [-0.05, 0) is 35.8 Å². The highest BCUT2D eigenvalue weighted by Gasteiger charge is 2.14. The van der Waals surface area contributed by atoms with Crippen molar-refractivity contribution < 1.29 is 9.53 Å². The van der Waals surface area contributed by atoms with Crippen molar-refractivity contribution in [2.45, 2.75) is 0 Å². The Morgan fingerprint density at radius 2 is 2.06 bits per heavy atom. The zero-order chi connectivity index (χ0) is 11.5. The number of hydrogen-bond acceptors (Lipinski definition) is 5. The second-order valence-electron chi connectivity index (χ2n) is 3.04. The van der Waals surface area contributed by atoms with Crippen molar-refractivity contribution in [3.8, 4) is 17.0 Å². The molecule has 1 aromatic carbocycles. The van der Waals surface area contributed by atoms with Crippen LogP contribution >= 0.6 is 11.5 Å². The molecule has 1 heterocycles. The smallest absolute Gasteiger partial charge is 0.262 e. The highest BCUT2D eigenvalue weighted by atomic mass is 32.1. The van der Waals surface area contributed by atoms with Gasteiger partial charge in [0.05, 0.1) is 7.11 Å². The molecule has 0 bridgehead atoms. The molecule has 0 spiro atoms. The number of primary amides is 1. The molecule has 6 heteroatoms. The third-order valence-corrected chi connectivity index (χ3v) is 2.82. The summed E-state index contributed by atoms with van der Waals surface area (Å²) in [5, 5.41) is 3.89. The predicted molar refractivity (Wildman–Crippen MR) is 60.4 cm³/mol. The average Bonchev–Trinajstić information content (AvgIpc) is 2.78. The van der Waals surface area contributed by atoms with E-state index in [1.807, 2.05) is 12.1 Å². The van der Waals surface area contributed by atoms with Gasteiger partial charge in [-0.3, -0.25) is 4.79 Å². The van der Waals surface area contributed by atoms with Gasteiger partial charge in [-0.1, -0.05) is 4.49 Å². The largest absolute Gasteiger partial charge is 0.497 e. The van der Waals surface area contributed by atoms with E-state index in [0.717, 1.165) is 22.8 Å². The van der Waals surface area contributed by atoms with Crippen molar-refractivity contribution >= 4 is 17.4 Å². The number of nitrogens with zero attached hydrogens (tertiary/aromatic N) is 2. The number of rotatable bonds is 3. The highest BCUT2D eigenvalue weighted by Crippen LogP contribution is 2.25. The Kier molecular flexibility index (Phi) is 2.82. The lowest BCUT2D eigenvalue weighted by Gasteiger charge is -2.01. The number of nitrogens with two attached hydrogens (primary N) is 1. The maximum Gasteiger partial charge on any atom is 0.262 e. The van der Waals surface area contributed by atoms with Crippen molar-refractivity contribution in [1.29, 1.82) is 0 Å². The van der Waals surface area contributed by atoms with E-state index in [4.69, 9.17) is 10.5 Å². The third kappa shape index (κ3) is 1.87. The molecule has 0 aliphatic carbocycles. The summed E-state index contributed by atoms with van der Waals surface area (Å²) >= 11 is 0.996. The minimum absolute atomic E-state index is 0.366. The molecule has 16 heavy (non-hydrogen) atoms. The minimum atomic E-state index is -0.513. The monoisotopic (exact) mass is 235 g/mol. The standard InChI is InChI=1S/C10H9N3O2S/c1-15-7-4-2-6(3-5-7)8-9(10(11)14)16-13-12-8/h2-5H,1H3,(H2,11,14). The molecule has 2 rings (SSSR count). The van der Waals surface area contributed by atoms with Gasteiger partial charge in [0, 0.05) is 5.56 Å². The highest BCUT2D eigenvalue weighted by molar-refractivity contribution is 7.08. The quantitative estimate of drug-likeness (QED) is 0.870. The molecule has 0 saturated carbocycles. The minimum Gasteiger partial charge on any atom is -0.497 e. The summed E-state index contributed by atoms with van der Waals surface area (Å²) in [4.78, 5) is 11.5. The van der Waals surface area contributed by atoms with Crippen LogP contribution in [0.1, 0.15) is 9.67 Å². The summed E-state index contributed by atoms with van der Waals surface area (Å²) in [7, 11) is 1.59. The van der Waals surface area contributed by atoms with Crippen LogP contribution in [0.2, 0.25) is 0 Å². The van der Waals surface area contributed by atoms with E-state index in [9.17, 15) is 4.79 Å². The molecule has 82 valence electrons. The Labute approximate surface area is 96.0 Å². The fourth-order valence-electron chi connectivity index (χ4n) is 1.29. The van der Waals surface area contributed by atoms with Gasteiger partial charge >= 0.3 is 0 Å². The van der Waals surface area contributed by atoms with E-state index in [2.05, 4.69) is 9.59 Å². The number of aromatic nitrogens is 2. The fraction of sp³-hybridized carbons (Fsp3) is 0.100. The Morgan fingerprint density at radius 3 is 2.62 bits per heavy atom. The van der Waals surface area contributed by atoms with Gasteiger partial charge in [-0.2, -0.15) is 0 Å². The van der Waals surface area contributed by atoms with E-state index in [0.29, 0.717) is 10.6 Å². The maximum absolute atomic E-state index is 11.1. The molecule has 0 aliphatic rings. The topological polar surface area (TPSA) is 78.1 Å². The summed E-state index contributed by atoms with van der Waals surface area (Å²) in [6.45, 7) is 0. The van der Waals surface area contributed by atoms with E-state index >= 15 is 0 Å². The van der Waals surface area contributed by atoms with E-state index in [1.165, 1.54) is 0 Å². The average molecular weight is 235 g/mol. The van der Waals surface area contributed by atoms with Gasteiger partial charge in [0.1, 0.15) is 16.3 Å². The number of ether oxygens (including phenoxy) is 1. The van der Waals surface area contributed by atoms with Crippen molar-refractivity contribution in [1.82, 2.24) is 9.59 Å². The van der Waals surface area contributed by atoms with Crippen LogP contribution in [0.5, 0.6) is 5.75 Å². The Balaban J connectivity index is 2.42. The van der Waals surface area contributed by atoms with Crippen LogP contribution in [0, 0.1) is 0 Å². The lowest BCUT2D eigenvalue weighted by atomic mass is 10.1. The summed E-state index contributed by atoms with van der Waals surface area (Å²) in [6, 6.07) is 7.20. The number of carbonyl (C=O) groups is 1. The van der Waals surface area contributed by atoms with Crippen molar-refractivity contribution in [2.75, 3.05) is 7.11 Å². The Bertz CT molecular complexity index is 507. The van der Waals surface area contributed by atoms with Gasteiger partial charge in [-0.15, -0.1) is 5.10 Å². The van der Waals surface area contributed by atoms with E-state index in [1.54, 1.807) is 19.2 Å². The molecular formula is C10H9N3O2S. The normalized spacial score (nSPS) is 10.1. The van der Waals surface area contributed by atoms with Gasteiger partial charge < -0.3 is 10.5 Å². The number of methoxy groups -OCH3 is 1. The van der Waals surface area contributed by atoms with Crippen LogP contribution in [-0.4, -0.2) is 22.6 Å². The van der Waals surface area contributed by atoms with Gasteiger partial charge in [0.25, 0.3) is 5.91 Å². The molecule has 2 N–H and O–H groups in total. The molecule has 2 aromatic rings. The molecule has 0 unspecified atom stereocenters.